The Hall–Kier alpha value is -5.78. The third kappa shape index (κ3) is 9.63. The summed E-state index contributed by atoms with van der Waals surface area (Å²) in [4.78, 5) is 23.0. The van der Waals surface area contributed by atoms with Crippen molar-refractivity contribution < 1.29 is 23.8 Å². The minimum absolute atomic E-state index is 0.262. The van der Waals surface area contributed by atoms with Crippen LogP contribution in [0.3, 0.4) is 0 Å². The Kier molecular flexibility index (Phi) is 12.3. The molecule has 0 fully saturated rings. The predicted molar refractivity (Wildman–Crippen MR) is 197 cm³/mol. The van der Waals surface area contributed by atoms with Crippen LogP contribution in [0.15, 0.2) is 104 Å². The highest BCUT2D eigenvalue weighted by Gasteiger charge is 2.09. The van der Waals surface area contributed by atoms with E-state index in [0.29, 0.717) is 25.4 Å². The van der Waals surface area contributed by atoms with Crippen LogP contribution in [-0.2, 0) is 20.7 Å². The number of hydrogen-bond acceptors (Lipinski definition) is 5. The first-order chi connectivity index (χ1) is 24.0. The molecule has 0 bridgehead atoms. The third-order valence-electron chi connectivity index (χ3n) is 8.10. The third-order valence-corrected chi connectivity index (χ3v) is 8.10. The van der Waals surface area contributed by atoms with E-state index in [9.17, 15) is 9.59 Å². The SMILES string of the molecule is C=CC(=O)OCCCCCCOc1ccc2cc(C#Cc3ccc(C#Cc4ccc(OC(=O)CC)c5ccccc45)cc3CC)ccc2c1. The van der Waals surface area contributed by atoms with Crippen molar-refractivity contribution in [1.82, 2.24) is 0 Å². The number of hydrogen-bond donors (Lipinski definition) is 0. The summed E-state index contributed by atoms with van der Waals surface area (Å²) in [6.45, 7) is 8.38. The van der Waals surface area contributed by atoms with E-state index in [2.05, 4.69) is 67.5 Å². The molecular formula is C44H40O5. The van der Waals surface area contributed by atoms with E-state index in [1.54, 1.807) is 6.92 Å². The molecule has 5 aromatic rings. The Morgan fingerprint density at radius 3 is 2.14 bits per heavy atom. The fourth-order valence-corrected chi connectivity index (χ4v) is 5.40. The zero-order valence-corrected chi connectivity index (χ0v) is 28.1. The van der Waals surface area contributed by atoms with Gasteiger partial charge in [0.15, 0.2) is 0 Å². The van der Waals surface area contributed by atoms with Crippen molar-refractivity contribution in [2.24, 2.45) is 0 Å². The van der Waals surface area contributed by atoms with Crippen LogP contribution in [0, 0.1) is 23.7 Å². The smallest absolute Gasteiger partial charge is 0.330 e. The fourth-order valence-electron chi connectivity index (χ4n) is 5.40. The van der Waals surface area contributed by atoms with Crippen LogP contribution in [0.4, 0.5) is 0 Å². The van der Waals surface area contributed by atoms with Crippen LogP contribution >= 0.6 is 0 Å². The van der Waals surface area contributed by atoms with Gasteiger partial charge in [-0.2, -0.15) is 0 Å². The van der Waals surface area contributed by atoms with Crippen molar-refractivity contribution in [2.75, 3.05) is 13.2 Å². The highest BCUT2D eigenvalue weighted by Crippen LogP contribution is 2.29. The van der Waals surface area contributed by atoms with Crippen LogP contribution in [0.2, 0.25) is 0 Å². The van der Waals surface area contributed by atoms with E-state index in [4.69, 9.17) is 14.2 Å². The minimum atomic E-state index is -0.370. The summed E-state index contributed by atoms with van der Waals surface area (Å²) >= 11 is 0. The number of fused-ring (bicyclic) bond motifs is 2. The van der Waals surface area contributed by atoms with Gasteiger partial charge in [0, 0.05) is 45.5 Å². The van der Waals surface area contributed by atoms with Gasteiger partial charge in [0.25, 0.3) is 0 Å². The molecular weight excluding hydrogens is 608 g/mol. The molecule has 0 radical (unpaired) electrons. The molecule has 0 unspecified atom stereocenters. The summed E-state index contributed by atoms with van der Waals surface area (Å²) in [5.74, 6) is 14.1. The zero-order chi connectivity index (χ0) is 34.4. The standard InChI is InChI=1S/C44H40O5/c1-4-34-29-32(17-21-36-24-26-42(49-44(46)6-3)41-14-10-9-13-40(36)41)15-19-35(34)20-16-33-18-22-38-31-39(25-23-37(38)30-33)47-27-11-7-8-12-28-48-43(45)5-2/h5,9-10,13-15,18-19,22-26,29-31H,2,4,6-8,11-12,27-28H2,1,3H3. The number of unbranched alkanes of at least 4 members (excludes halogenated alkanes) is 3. The average molecular weight is 649 g/mol. The van der Waals surface area contributed by atoms with Gasteiger partial charge in [-0.1, -0.05) is 80.5 Å². The molecule has 0 aliphatic rings. The monoisotopic (exact) mass is 648 g/mol. The molecule has 0 amide bonds. The maximum atomic E-state index is 11.9. The lowest BCUT2D eigenvalue weighted by Crippen LogP contribution is -2.05. The van der Waals surface area contributed by atoms with Gasteiger partial charge in [-0.05, 0) is 103 Å². The van der Waals surface area contributed by atoms with Crippen LogP contribution < -0.4 is 9.47 Å². The largest absolute Gasteiger partial charge is 0.494 e. The Balaban J connectivity index is 1.21. The molecule has 0 atom stereocenters. The summed E-state index contributed by atoms with van der Waals surface area (Å²) in [7, 11) is 0. The second-order valence-electron chi connectivity index (χ2n) is 11.6. The van der Waals surface area contributed by atoms with Crippen molar-refractivity contribution in [2.45, 2.75) is 52.4 Å². The number of esters is 2. The van der Waals surface area contributed by atoms with Gasteiger partial charge < -0.3 is 14.2 Å². The average Bonchev–Trinajstić information content (AvgIpc) is 3.14. The normalized spacial score (nSPS) is 10.4. The Morgan fingerprint density at radius 2 is 1.37 bits per heavy atom. The summed E-state index contributed by atoms with van der Waals surface area (Å²) in [5.41, 5.74) is 4.88. The van der Waals surface area contributed by atoms with Gasteiger partial charge in [0.1, 0.15) is 11.5 Å². The first-order valence-corrected chi connectivity index (χ1v) is 16.8. The van der Waals surface area contributed by atoms with Crippen molar-refractivity contribution in [1.29, 1.82) is 0 Å². The highest BCUT2D eigenvalue weighted by molar-refractivity contribution is 5.94. The number of benzene rings is 5. The second kappa shape index (κ2) is 17.4. The topological polar surface area (TPSA) is 61.8 Å². The van der Waals surface area contributed by atoms with Gasteiger partial charge in [-0.15, -0.1) is 0 Å². The van der Waals surface area contributed by atoms with E-state index in [1.165, 1.54) is 6.08 Å². The molecule has 0 aliphatic heterocycles. The number of aryl methyl sites for hydroxylation is 1. The summed E-state index contributed by atoms with van der Waals surface area (Å²) in [6.07, 6.45) is 6.14. The fraction of sp³-hybridized carbons (Fsp3) is 0.227. The van der Waals surface area contributed by atoms with E-state index < -0.39 is 0 Å². The maximum Gasteiger partial charge on any atom is 0.330 e. The van der Waals surface area contributed by atoms with E-state index in [1.807, 2.05) is 60.7 Å². The molecule has 5 aromatic carbocycles. The quantitative estimate of drug-likeness (QED) is 0.0444. The Bertz CT molecular complexity index is 2100. The molecule has 0 N–H and O–H groups in total. The molecule has 5 nitrogen and oxygen atoms in total. The molecule has 0 saturated carbocycles. The number of carbonyl (C=O) groups is 2. The van der Waals surface area contributed by atoms with Crippen molar-refractivity contribution in [3.63, 3.8) is 0 Å². The van der Waals surface area contributed by atoms with Gasteiger partial charge >= 0.3 is 11.9 Å². The minimum Gasteiger partial charge on any atom is -0.494 e. The molecule has 246 valence electrons. The molecule has 0 spiro atoms. The molecule has 49 heavy (non-hydrogen) atoms. The first kappa shape index (κ1) is 34.6. The molecule has 0 aliphatic carbocycles. The predicted octanol–water partition coefficient (Wildman–Crippen LogP) is 9.34. The maximum absolute atomic E-state index is 11.9. The van der Waals surface area contributed by atoms with Gasteiger partial charge in [0.2, 0.25) is 0 Å². The molecule has 0 heterocycles. The lowest BCUT2D eigenvalue weighted by atomic mass is 10.0. The van der Waals surface area contributed by atoms with Crippen LogP contribution in [-0.4, -0.2) is 25.2 Å². The van der Waals surface area contributed by atoms with Crippen molar-refractivity contribution >= 4 is 33.5 Å². The van der Waals surface area contributed by atoms with E-state index in [0.717, 1.165) is 87.2 Å². The second-order valence-corrected chi connectivity index (χ2v) is 11.6. The first-order valence-electron chi connectivity index (χ1n) is 16.8. The highest BCUT2D eigenvalue weighted by atomic mass is 16.5. The summed E-state index contributed by atoms with van der Waals surface area (Å²) in [6, 6.07) is 30.1. The number of carbonyl (C=O) groups excluding carboxylic acids is 2. The summed E-state index contributed by atoms with van der Waals surface area (Å²) < 4.78 is 16.5. The van der Waals surface area contributed by atoms with Crippen LogP contribution in [0.5, 0.6) is 11.5 Å². The lowest BCUT2D eigenvalue weighted by Gasteiger charge is -2.08. The van der Waals surface area contributed by atoms with Crippen LogP contribution in [0.25, 0.3) is 21.5 Å². The van der Waals surface area contributed by atoms with Gasteiger partial charge in [0.05, 0.1) is 13.2 Å². The van der Waals surface area contributed by atoms with Crippen LogP contribution in [0.1, 0.15) is 73.8 Å². The summed E-state index contributed by atoms with van der Waals surface area (Å²) in [5, 5.41) is 4.03. The van der Waals surface area contributed by atoms with Gasteiger partial charge in [-0.3, -0.25) is 4.79 Å². The van der Waals surface area contributed by atoms with Gasteiger partial charge in [-0.25, -0.2) is 4.79 Å². The Labute approximate surface area is 288 Å². The van der Waals surface area contributed by atoms with Crippen molar-refractivity contribution in [3.8, 4) is 35.2 Å². The molecule has 0 saturated heterocycles. The molecule has 0 aromatic heterocycles. The van der Waals surface area contributed by atoms with Crippen molar-refractivity contribution in [3.05, 3.63) is 131 Å². The zero-order valence-electron chi connectivity index (χ0n) is 28.1. The van der Waals surface area contributed by atoms with E-state index in [-0.39, 0.29) is 11.9 Å². The lowest BCUT2D eigenvalue weighted by molar-refractivity contribution is -0.138. The Morgan fingerprint density at radius 1 is 0.694 bits per heavy atom. The van der Waals surface area contributed by atoms with E-state index >= 15 is 0 Å². The number of rotatable bonds is 12. The molecule has 5 heteroatoms. The molecule has 5 rings (SSSR count). The number of ether oxygens (including phenoxy) is 3.